The molecule has 0 radical (unpaired) electrons. The molecule has 9 heteroatoms. The van der Waals surface area contributed by atoms with E-state index in [0.29, 0.717) is 39.3 Å². The lowest BCUT2D eigenvalue weighted by Gasteiger charge is -2.19. The number of ether oxygens (including phenoxy) is 2. The van der Waals surface area contributed by atoms with Crippen molar-refractivity contribution in [3.8, 4) is 11.5 Å². The third-order valence-electron chi connectivity index (χ3n) is 5.72. The molecule has 1 aliphatic carbocycles. The summed E-state index contributed by atoms with van der Waals surface area (Å²) < 4.78 is 49.5. The van der Waals surface area contributed by atoms with Crippen LogP contribution in [0.5, 0.6) is 11.5 Å². The van der Waals surface area contributed by atoms with Gasteiger partial charge in [0.2, 0.25) is 5.71 Å². The molecule has 1 heterocycles. The van der Waals surface area contributed by atoms with Crippen molar-refractivity contribution in [2.75, 3.05) is 0 Å². The minimum Gasteiger partial charge on any atom is -0.618 e. The summed E-state index contributed by atoms with van der Waals surface area (Å²) in [6, 6.07) is 11.3. The molecule has 2 aromatic carbocycles. The first-order valence-corrected chi connectivity index (χ1v) is 10.7. The number of alkyl halides is 3. The number of nitrogens with zero attached hydrogens (tertiary/aromatic N) is 1. The average Bonchev–Trinajstić information content (AvgIpc) is 3.30. The molecule has 4 rings (SSSR count). The number of halogens is 3. The second-order valence-electron chi connectivity index (χ2n) is 8.07. The normalized spacial score (nSPS) is 16.1. The number of hydrogen-bond donors (Lipinski definition) is 1. The van der Waals surface area contributed by atoms with Crippen molar-refractivity contribution in [3.63, 3.8) is 0 Å². The van der Waals surface area contributed by atoms with Crippen molar-refractivity contribution < 1.29 is 37.3 Å². The van der Waals surface area contributed by atoms with Crippen LogP contribution >= 0.6 is 0 Å². The standard InChI is InChI=1S/C25H22F3NO5/c26-25(27,28)34-23-13-16(5-10-20(23)17-3-1-2-4-17)15-33-19-8-6-18(7-9-19)21(14-24(30)31)22-11-12-29(22)32/h3,5-13,21H,1-2,4,14-15H2,(H,30,31)/t21-/m0/s1. The predicted molar refractivity (Wildman–Crippen MR) is 118 cm³/mol. The Balaban J connectivity index is 1.47. The number of allylic oxidation sites excluding steroid dienone is 3. The van der Waals surface area contributed by atoms with Gasteiger partial charge in [-0.1, -0.05) is 30.3 Å². The van der Waals surface area contributed by atoms with Crippen molar-refractivity contribution in [2.45, 2.75) is 44.6 Å². The lowest BCUT2D eigenvalue weighted by molar-refractivity contribution is -0.391. The van der Waals surface area contributed by atoms with Gasteiger partial charge in [-0.3, -0.25) is 4.79 Å². The van der Waals surface area contributed by atoms with Crippen molar-refractivity contribution in [1.82, 2.24) is 0 Å². The highest BCUT2D eigenvalue weighted by Crippen LogP contribution is 2.37. The highest BCUT2D eigenvalue weighted by molar-refractivity contribution is 6.00. The summed E-state index contributed by atoms with van der Waals surface area (Å²) in [5.41, 5.74) is 2.79. The van der Waals surface area contributed by atoms with Crippen LogP contribution in [0.3, 0.4) is 0 Å². The van der Waals surface area contributed by atoms with Gasteiger partial charge in [-0.15, -0.1) is 13.2 Å². The van der Waals surface area contributed by atoms with E-state index in [1.165, 1.54) is 12.3 Å². The molecule has 0 fully saturated rings. The maximum Gasteiger partial charge on any atom is 0.573 e. The topological polar surface area (TPSA) is 81.8 Å². The summed E-state index contributed by atoms with van der Waals surface area (Å²) >= 11 is 0. The summed E-state index contributed by atoms with van der Waals surface area (Å²) in [5, 5.41) is 20.8. The number of rotatable bonds is 9. The van der Waals surface area contributed by atoms with E-state index in [1.807, 2.05) is 6.08 Å². The van der Waals surface area contributed by atoms with Crippen molar-refractivity contribution in [2.24, 2.45) is 0 Å². The molecule has 2 aliphatic rings. The van der Waals surface area contributed by atoms with E-state index in [9.17, 15) is 28.3 Å². The van der Waals surface area contributed by atoms with Gasteiger partial charge in [-0.05, 0) is 54.2 Å². The van der Waals surface area contributed by atoms with Crippen LogP contribution in [0.4, 0.5) is 13.2 Å². The maximum absolute atomic E-state index is 12.9. The van der Waals surface area contributed by atoms with Crippen LogP contribution in [0.2, 0.25) is 0 Å². The number of carboxylic acid groups (broad SMARTS) is 1. The zero-order valence-electron chi connectivity index (χ0n) is 18.0. The predicted octanol–water partition coefficient (Wildman–Crippen LogP) is 5.77. The molecule has 1 N–H and O–H groups in total. The van der Waals surface area contributed by atoms with Crippen LogP contribution in [0.1, 0.15) is 48.3 Å². The SMILES string of the molecule is O=C(O)C[C@H](C1=[N+]([O-])C=C1)c1ccc(OCc2ccc(C3=CCCC3)c(OC(F)(F)F)c2)cc1. The minimum atomic E-state index is -4.80. The Hall–Kier alpha value is -3.75. The number of hydroxylamine groups is 1. The summed E-state index contributed by atoms with van der Waals surface area (Å²) in [6.07, 6.45) is 2.22. The van der Waals surface area contributed by atoms with Gasteiger partial charge in [0.1, 0.15) is 18.1 Å². The summed E-state index contributed by atoms with van der Waals surface area (Å²) in [5.74, 6) is -1.41. The second kappa shape index (κ2) is 9.62. The third kappa shape index (κ3) is 5.59. The molecular weight excluding hydrogens is 451 g/mol. The van der Waals surface area contributed by atoms with E-state index in [1.54, 1.807) is 42.5 Å². The van der Waals surface area contributed by atoms with Gasteiger partial charge in [0, 0.05) is 5.56 Å². The maximum atomic E-state index is 12.9. The fourth-order valence-corrected chi connectivity index (χ4v) is 4.07. The number of carboxylic acids is 1. The molecule has 0 amide bonds. The van der Waals surface area contributed by atoms with E-state index in [-0.39, 0.29) is 18.8 Å². The second-order valence-corrected chi connectivity index (χ2v) is 8.07. The fourth-order valence-electron chi connectivity index (χ4n) is 4.07. The van der Waals surface area contributed by atoms with Gasteiger partial charge in [-0.2, -0.15) is 4.74 Å². The lowest BCUT2D eigenvalue weighted by Crippen LogP contribution is -2.26. The zero-order valence-corrected chi connectivity index (χ0v) is 18.0. The largest absolute Gasteiger partial charge is 0.618 e. The van der Waals surface area contributed by atoms with Crippen molar-refractivity contribution in [3.05, 3.63) is 82.7 Å². The quantitative estimate of drug-likeness (QED) is 0.369. The van der Waals surface area contributed by atoms with Gasteiger partial charge in [0.25, 0.3) is 0 Å². The van der Waals surface area contributed by atoms with Crippen molar-refractivity contribution in [1.29, 1.82) is 0 Å². The Morgan fingerprint density at radius 2 is 1.94 bits per heavy atom. The molecule has 34 heavy (non-hydrogen) atoms. The zero-order chi connectivity index (χ0) is 24.3. The van der Waals surface area contributed by atoms with Crippen LogP contribution in [0.25, 0.3) is 5.57 Å². The molecule has 1 atom stereocenters. The average molecular weight is 473 g/mol. The first-order chi connectivity index (χ1) is 16.2. The van der Waals surface area contributed by atoms with E-state index >= 15 is 0 Å². The van der Waals surface area contributed by atoms with Gasteiger partial charge in [0.15, 0.2) is 6.20 Å². The number of benzene rings is 2. The smallest absolute Gasteiger partial charge is 0.573 e. The molecule has 0 aromatic heterocycles. The fraction of sp³-hybridized carbons (Fsp3) is 0.280. The van der Waals surface area contributed by atoms with E-state index in [4.69, 9.17) is 4.74 Å². The summed E-state index contributed by atoms with van der Waals surface area (Å²) in [6.45, 7) is 0.0138. The van der Waals surface area contributed by atoms with Gasteiger partial charge >= 0.3 is 12.3 Å². The Bertz CT molecular complexity index is 1170. The number of carbonyl (C=O) groups is 1. The third-order valence-corrected chi connectivity index (χ3v) is 5.72. The van der Waals surface area contributed by atoms with E-state index in [0.717, 1.165) is 18.4 Å². The van der Waals surface area contributed by atoms with Gasteiger partial charge < -0.3 is 19.8 Å². The van der Waals surface area contributed by atoms with Crippen LogP contribution in [-0.4, -0.2) is 27.9 Å². The monoisotopic (exact) mass is 473 g/mol. The molecule has 0 unspecified atom stereocenters. The Labute approximate surface area is 193 Å². The highest BCUT2D eigenvalue weighted by atomic mass is 19.4. The molecule has 0 bridgehead atoms. The first kappa shape index (κ1) is 23.4. The molecular formula is C25H22F3NO5. The molecule has 0 saturated carbocycles. The van der Waals surface area contributed by atoms with Gasteiger partial charge in [-0.25, -0.2) is 0 Å². The molecule has 0 saturated heterocycles. The molecule has 2 aromatic rings. The first-order valence-electron chi connectivity index (χ1n) is 10.7. The van der Waals surface area contributed by atoms with Gasteiger partial charge in [0.05, 0.1) is 18.4 Å². The van der Waals surface area contributed by atoms with E-state index in [2.05, 4.69) is 4.74 Å². The van der Waals surface area contributed by atoms with Crippen molar-refractivity contribution >= 4 is 17.3 Å². The molecule has 6 nitrogen and oxygen atoms in total. The molecule has 1 aliphatic heterocycles. The van der Waals surface area contributed by atoms with Crippen LogP contribution < -0.4 is 9.47 Å². The molecule has 0 spiro atoms. The highest BCUT2D eigenvalue weighted by Gasteiger charge is 2.33. The summed E-state index contributed by atoms with van der Waals surface area (Å²) in [4.78, 5) is 11.2. The molecule has 178 valence electrons. The van der Waals surface area contributed by atoms with E-state index < -0.39 is 18.2 Å². The number of hydrogen-bond acceptors (Lipinski definition) is 4. The minimum absolute atomic E-state index is 0.0138. The Kier molecular flexibility index (Phi) is 6.63. The summed E-state index contributed by atoms with van der Waals surface area (Å²) in [7, 11) is 0. The lowest BCUT2D eigenvalue weighted by atomic mass is 9.89. The van der Waals surface area contributed by atoms with Crippen LogP contribution in [0, 0.1) is 5.21 Å². The van der Waals surface area contributed by atoms with Crippen LogP contribution in [0.15, 0.2) is 60.8 Å². The Morgan fingerprint density at radius 3 is 2.50 bits per heavy atom. The Morgan fingerprint density at radius 1 is 1.18 bits per heavy atom. The van der Waals surface area contributed by atoms with Crippen LogP contribution in [-0.2, 0) is 11.4 Å². The number of aliphatic carboxylic acids is 1.